The van der Waals surface area contributed by atoms with Crippen molar-refractivity contribution in [1.82, 2.24) is 14.9 Å². The van der Waals surface area contributed by atoms with Crippen LogP contribution in [0.1, 0.15) is 5.56 Å². The van der Waals surface area contributed by atoms with E-state index in [1.165, 1.54) is 23.5 Å². The van der Waals surface area contributed by atoms with Crippen LogP contribution >= 0.6 is 11.3 Å². The highest BCUT2D eigenvalue weighted by Gasteiger charge is 2.19. The summed E-state index contributed by atoms with van der Waals surface area (Å²) in [4.78, 5) is 34.1. The number of halogens is 1. The van der Waals surface area contributed by atoms with Crippen LogP contribution in [0.3, 0.4) is 0 Å². The van der Waals surface area contributed by atoms with Crippen molar-refractivity contribution in [2.45, 2.75) is 6.54 Å². The number of amides is 1. The zero-order valence-electron chi connectivity index (χ0n) is 17.2. The number of benzene rings is 1. The maximum Gasteiger partial charge on any atom is 0.248 e. The molecule has 0 N–H and O–H groups in total. The monoisotopic (exact) mass is 464 g/mol. The predicted molar refractivity (Wildman–Crippen MR) is 121 cm³/mol. The van der Waals surface area contributed by atoms with Gasteiger partial charge in [-0.2, -0.15) is 0 Å². The highest BCUT2D eigenvalue weighted by atomic mass is 32.1. The minimum atomic E-state index is -0.676. The third-order valence-corrected chi connectivity index (χ3v) is 6.31. The molecule has 0 aliphatic carbocycles. The molecule has 1 aliphatic heterocycles. The van der Waals surface area contributed by atoms with Gasteiger partial charge in [-0.25, -0.2) is 4.39 Å². The molecule has 8 nitrogen and oxygen atoms in total. The van der Waals surface area contributed by atoms with Gasteiger partial charge in [0.1, 0.15) is 18.0 Å². The lowest BCUT2D eigenvalue weighted by atomic mass is 10.2. The number of carbonyl (C=O) groups excluding carboxylic acids is 1. The Hall–Kier alpha value is -3.76. The summed E-state index contributed by atoms with van der Waals surface area (Å²) < 4.78 is 25.9. The third-order valence-electron chi connectivity index (χ3n) is 5.15. The van der Waals surface area contributed by atoms with E-state index in [-0.39, 0.29) is 24.0 Å². The lowest BCUT2D eigenvalue weighted by Gasteiger charge is -2.26. The van der Waals surface area contributed by atoms with Crippen LogP contribution < -0.4 is 4.74 Å². The molecule has 4 aromatic rings. The fourth-order valence-corrected chi connectivity index (χ4v) is 4.51. The highest BCUT2D eigenvalue weighted by molar-refractivity contribution is 7.22. The minimum Gasteiger partial charge on any atom is -0.453 e. The quantitative estimate of drug-likeness (QED) is 0.371. The van der Waals surface area contributed by atoms with E-state index >= 15 is 0 Å². The Morgan fingerprint density at radius 2 is 2.06 bits per heavy atom. The molecule has 1 aromatic carbocycles. The molecule has 1 saturated heterocycles. The van der Waals surface area contributed by atoms with E-state index in [0.29, 0.717) is 31.0 Å². The first-order valence-electron chi connectivity index (χ1n) is 10.1. The van der Waals surface area contributed by atoms with Crippen molar-refractivity contribution in [2.75, 3.05) is 19.8 Å². The van der Waals surface area contributed by atoms with Crippen molar-refractivity contribution in [3.05, 3.63) is 71.1 Å². The molecule has 0 bridgehead atoms. The fraction of sp³-hybridized carbons (Fsp3) is 0.174. The maximum absolute atomic E-state index is 14.2. The number of pyridine rings is 2. The minimum absolute atomic E-state index is 0.00866. The van der Waals surface area contributed by atoms with E-state index in [1.807, 2.05) is 18.2 Å². The van der Waals surface area contributed by atoms with Gasteiger partial charge in [0.25, 0.3) is 0 Å². The Morgan fingerprint density at radius 3 is 2.82 bits per heavy atom. The standard InChI is InChI=1S/C23H17FN4O4S/c24-16-9-15(27-30)2-4-19(16)32-20-5-6-25-18-10-21(33-23(18)20)17-3-1-14(11-26-17)12-28-7-8-31-13-22(28)29/h1-6,9-11H,7-8,12-13H2. The molecule has 10 heteroatoms. The van der Waals surface area contributed by atoms with Crippen LogP contribution in [0.4, 0.5) is 10.1 Å². The van der Waals surface area contributed by atoms with Crippen molar-refractivity contribution >= 4 is 33.1 Å². The Balaban J connectivity index is 1.38. The van der Waals surface area contributed by atoms with Gasteiger partial charge < -0.3 is 14.4 Å². The summed E-state index contributed by atoms with van der Waals surface area (Å²) in [7, 11) is 0. The second kappa shape index (κ2) is 9.00. The number of hydrogen-bond donors (Lipinski definition) is 0. The number of fused-ring (bicyclic) bond motifs is 1. The number of carbonyl (C=O) groups is 1. The van der Waals surface area contributed by atoms with Crippen LogP contribution in [0.25, 0.3) is 20.8 Å². The van der Waals surface area contributed by atoms with Gasteiger partial charge >= 0.3 is 0 Å². The topological polar surface area (TPSA) is 94.0 Å². The van der Waals surface area contributed by atoms with Crippen LogP contribution in [0.15, 0.2) is 60.0 Å². The number of nitrogens with zero attached hydrogens (tertiary/aromatic N) is 4. The zero-order chi connectivity index (χ0) is 22.8. The molecule has 1 fully saturated rings. The SMILES string of the molecule is O=Nc1ccc(Oc2ccnc3cc(-c4ccc(CN5CCOCC5=O)cn4)sc23)c(F)c1. The molecular weight excluding hydrogens is 447 g/mol. The largest absolute Gasteiger partial charge is 0.453 e. The summed E-state index contributed by atoms with van der Waals surface area (Å²) in [6, 6.07) is 11.2. The van der Waals surface area contributed by atoms with Crippen molar-refractivity contribution < 1.29 is 18.7 Å². The molecule has 4 heterocycles. The van der Waals surface area contributed by atoms with E-state index in [2.05, 4.69) is 15.1 Å². The normalized spacial score (nSPS) is 14.0. The molecule has 1 amide bonds. The van der Waals surface area contributed by atoms with Gasteiger partial charge in [-0.15, -0.1) is 16.2 Å². The summed E-state index contributed by atoms with van der Waals surface area (Å²) in [5.41, 5.74) is 2.38. The van der Waals surface area contributed by atoms with Gasteiger partial charge in [0.05, 0.1) is 27.4 Å². The maximum atomic E-state index is 14.2. The van der Waals surface area contributed by atoms with Gasteiger partial charge in [-0.3, -0.25) is 14.8 Å². The lowest BCUT2D eigenvalue weighted by Crippen LogP contribution is -2.40. The molecule has 3 aromatic heterocycles. The van der Waals surface area contributed by atoms with Crippen LogP contribution in [0.5, 0.6) is 11.5 Å². The van der Waals surface area contributed by atoms with Crippen LogP contribution in [-0.4, -0.2) is 40.5 Å². The van der Waals surface area contributed by atoms with Gasteiger partial charge in [0.2, 0.25) is 5.91 Å². The van der Waals surface area contributed by atoms with Gasteiger partial charge in [0, 0.05) is 37.6 Å². The molecule has 0 atom stereocenters. The molecule has 166 valence electrons. The van der Waals surface area contributed by atoms with Gasteiger partial charge in [0.15, 0.2) is 11.6 Å². The number of thiophene rings is 1. The van der Waals surface area contributed by atoms with Crippen molar-refractivity contribution in [2.24, 2.45) is 5.18 Å². The molecule has 5 rings (SSSR count). The number of morpholine rings is 1. The molecule has 0 saturated carbocycles. The first-order chi connectivity index (χ1) is 16.1. The summed E-state index contributed by atoms with van der Waals surface area (Å²) in [6.07, 6.45) is 3.34. The average molecular weight is 464 g/mol. The number of rotatable bonds is 6. The molecule has 33 heavy (non-hydrogen) atoms. The van der Waals surface area contributed by atoms with Crippen LogP contribution in [-0.2, 0) is 16.1 Å². The Morgan fingerprint density at radius 1 is 1.15 bits per heavy atom. The first kappa shape index (κ1) is 21.1. The molecule has 0 unspecified atom stereocenters. The van der Waals surface area contributed by atoms with E-state index in [9.17, 15) is 14.1 Å². The fourth-order valence-electron chi connectivity index (χ4n) is 3.47. The first-order valence-corrected chi connectivity index (χ1v) is 10.9. The summed E-state index contributed by atoms with van der Waals surface area (Å²) >= 11 is 1.43. The van der Waals surface area contributed by atoms with Crippen molar-refractivity contribution in [3.8, 4) is 22.1 Å². The van der Waals surface area contributed by atoms with E-state index in [1.54, 1.807) is 23.4 Å². The third kappa shape index (κ3) is 4.43. The van der Waals surface area contributed by atoms with E-state index < -0.39 is 5.82 Å². The van der Waals surface area contributed by atoms with Crippen LogP contribution in [0.2, 0.25) is 0 Å². The number of hydrogen-bond acceptors (Lipinski definition) is 8. The Labute approximate surface area is 191 Å². The average Bonchev–Trinajstić information content (AvgIpc) is 3.28. The molecule has 0 spiro atoms. The summed E-state index contributed by atoms with van der Waals surface area (Å²) in [5.74, 6) is -0.263. The Kier molecular flexibility index (Phi) is 5.76. The summed E-state index contributed by atoms with van der Waals surface area (Å²) in [5, 5.41) is 2.72. The molecule has 0 radical (unpaired) electrons. The lowest BCUT2D eigenvalue weighted by molar-refractivity contribution is -0.143. The zero-order valence-corrected chi connectivity index (χ0v) is 18.0. The highest BCUT2D eigenvalue weighted by Crippen LogP contribution is 2.39. The molecular formula is C23H17FN4O4S. The Bertz CT molecular complexity index is 1340. The smallest absolute Gasteiger partial charge is 0.248 e. The van der Waals surface area contributed by atoms with Crippen molar-refractivity contribution in [1.29, 1.82) is 0 Å². The second-order valence-corrected chi connectivity index (χ2v) is 8.41. The van der Waals surface area contributed by atoms with Gasteiger partial charge in [-0.05, 0) is 35.0 Å². The van der Waals surface area contributed by atoms with Gasteiger partial charge in [-0.1, -0.05) is 6.07 Å². The summed E-state index contributed by atoms with van der Waals surface area (Å²) in [6.45, 7) is 1.72. The molecule has 1 aliphatic rings. The number of aromatic nitrogens is 2. The van der Waals surface area contributed by atoms with Crippen molar-refractivity contribution in [3.63, 3.8) is 0 Å². The van der Waals surface area contributed by atoms with Crippen LogP contribution in [0, 0.1) is 10.7 Å². The van der Waals surface area contributed by atoms with E-state index in [0.717, 1.165) is 26.9 Å². The van der Waals surface area contributed by atoms with E-state index in [4.69, 9.17) is 9.47 Å². The number of nitroso groups, excluding NO2 is 1. The number of ether oxygens (including phenoxy) is 2. The predicted octanol–water partition coefficient (Wildman–Crippen LogP) is 5.05. The second-order valence-electron chi connectivity index (χ2n) is 7.36.